The van der Waals surface area contributed by atoms with Crippen molar-refractivity contribution in [2.24, 2.45) is 5.73 Å². The molecule has 0 unspecified atom stereocenters. The number of ether oxygens (including phenoxy) is 5. The highest BCUT2D eigenvalue weighted by atomic mass is 16.7. The van der Waals surface area contributed by atoms with Crippen LogP contribution >= 0.6 is 0 Å². The van der Waals surface area contributed by atoms with E-state index < -0.39 is 61.0 Å². The minimum Gasteiger partial charge on any atom is -0.494 e. The number of hydrogen-bond donors (Lipinski definition) is 6. The summed E-state index contributed by atoms with van der Waals surface area (Å²) in [5.41, 5.74) is 6.00. The summed E-state index contributed by atoms with van der Waals surface area (Å²) in [6.07, 6.45) is -5.95. The Hall–Kier alpha value is -3.73. The molecule has 15 nitrogen and oxygen atoms in total. The Balaban J connectivity index is 1.44. The van der Waals surface area contributed by atoms with E-state index in [4.69, 9.17) is 29.4 Å². The highest BCUT2D eigenvalue weighted by molar-refractivity contribution is 6.02. The molecular formula is C27H36N4O11. The number of aliphatic hydroxyl groups is 3. The van der Waals surface area contributed by atoms with Gasteiger partial charge in [-0.05, 0) is 36.8 Å². The molecule has 0 spiro atoms. The van der Waals surface area contributed by atoms with Crippen LogP contribution in [0.1, 0.15) is 19.8 Å². The van der Waals surface area contributed by atoms with Crippen molar-refractivity contribution in [1.29, 1.82) is 0 Å². The Morgan fingerprint density at radius 1 is 1.21 bits per heavy atom. The monoisotopic (exact) mass is 592 g/mol. The van der Waals surface area contributed by atoms with Crippen molar-refractivity contribution in [1.82, 2.24) is 10.2 Å². The number of aliphatic hydroxyl groups excluding tert-OH is 3. The Morgan fingerprint density at radius 2 is 1.95 bits per heavy atom. The number of anilines is 1. The largest absolute Gasteiger partial charge is 0.494 e. The zero-order valence-electron chi connectivity index (χ0n) is 23.1. The first kappa shape index (κ1) is 31.2. The molecule has 0 aliphatic carbocycles. The predicted molar refractivity (Wildman–Crippen MR) is 144 cm³/mol. The molecule has 1 fully saturated rings. The second kappa shape index (κ2) is 14.0. The lowest BCUT2D eigenvalue weighted by atomic mass is 10.0. The molecule has 4 rings (SSSR count). The standard InChI is InChI=1S/C27H36N4O11/c1-3-4-11-39-15-7-5-14(6-8-15)30-25(37)17-12-16(32)19(34)27(40-17)42-23(24(28)36)22-21(38-2)20(35)26(41-22)31-10-9-18(33)29-13-31/h5-10,12,16,19-23,26-27,32,34-35H,3-4,11,13H2,1-2H3,(H2,28,36)(H,29,33)(H,30,37)/t16-,19-,20+,21-,22-,23+,26+,27+/m0/s1. The molecule has 3 aliphatic rings. The Kier molecular flexibility index (Phi) is 10.4. The van der Waals surface area contributed by atoms with Crippen LogP contribution < -0.4 is 21.1 Å². The summed E-state index contributed by atoms with van der Waals surface area (Å²) in [6, 6.07) is 6.62. The lowest BCUT2D eigenvalue weighted by molar-refractivity contribution is -0.241. The third kappa shape index (κ3) is 7.18. The SMILES string of the molecule is CCCCOc1ccc(NC(=O)C2=C[C@H](O)[C@H](O)[C@@H](O[C@@H](C(N)=O)[C@H]3O[C@@H](N4C=CC(=O)NC4)[C@H](O)[C@@H]3OC)O2)cc1. The summed E-state index contributed by atoms with van der Waals surface area (Å²) < 4.78 is 28.1. The number of nitrogens with zero attached hydrogens (tertiary/aromatic N) is 1. The van der Waals surface area contributed by atoms with Crippen molar-refractivity contribution in [2.75, 3.05) is 25.7 Å². The first-order valence-corrected chi connectivity index (χ1v) is 13.4. The number of primary amides is 1. The Bertz CT molecular complexity index is 1180. The van der Waals surface area contributed by atoms with Crippen molar-refractivity contribution in [3.05, 3.63) is 48.4 Å². The number of unbranched alkanes of at least 4 members (excludes halogenated alkanes) is 1. The number of carbonyl (C=O) groups excluding carboxylic acids is 3. The van der Waals surface area contributed by atoms with Crippen LogP contribution in [0.4, 0.5) is 5.69 Å². The van der Waals surface area contributed by atoms with Gasteiger partial charge in [0, 0.05) is 25.1 Å². The van der Waals surface area contributed by atoms with Gasteiger partial charge in [-0.25, -0.2) is 0 Å². The highest BCUT2D eigenvalue weighted by Gasteiger charge is 2.53. The first-order chi connectivity index (χ1) is 20.1. The maximum absolute atomic E-state index is 12.9. The summed E-state index contributed by atoms with van der Waals surface area (Å²) >= 11 is 0. The van der Waals surface area contributed by atoms with Gasteiger partial charge in [0.2, 0.25) is 18.1 Å². The number of benzene rings is 1. The van der Waals surface area contributed by atoms with E-state index in [1.807, 2.05) is 0 Å². The van der Waals surface area contributed by atoms with E-state index in [0.29, 0.717) is 18.0 Å². The second-order valence-corrected chi connectivity index (χ2v) is 9.85. The number of rotatable bonds is 12. The van der Waals surface area contributed by atoms with Crippen molar-refractivity contribution < 1.29 is 53.4 Å². The normalized spacial score (nSPS) is 29.7. The van der Waals surface area contributed by atoms with Crippen LogP contribution in [0, 0.1) is 0 Å². The number of nitrogens with two attached hydrogens (primary N) is 1. The molecular weight excluding hydrogens is 556 g/mol. The van der Waals surface area contributed by atoms with Crippen molar-refractivity contribution >= 4 is 23.4 Å². The zero-order chi connectivity index (χ0) is 30.4. The van der Waals surface area contributed by atoms with Gasteiger partial charge in [0.1, 0.15) is 36.3 Å². The van der Waals surface area contributed by atoms with Gasteiger partial charge in [-0.2, -0.15) is 0 Å². The van der Waals surface area contributed by atoms with Gasteiger partial charge < -0.3 is 60.3 Å². The van der Waals surface area contributed by atoms with Crippen LogP contribution in [0.2, 0.25) is 0 Å². The molecule has 230 valence electrons. The molecule has 8 atom stereocenters. The van der Waals surface area contributed by atoms with E-state index in [1.54, 1.807) is 24.3 Å². The highest BCUT2D eigenvalue weighted by Crippen LogP contribution is 2.32. The fraction of sp³-hybridized carbons (Fsp3) is 0.519. The number of methoxy groups -OCH3 is 1. The summed E-state index contributed by atoms with van der Waals surface area (Å²) in [5.74, 6) is -1.89. The van der Waals surface area contributed by atoms with Gasteiger partial charge in [0.25, 0.3) is 5.91 Å². The second-order valence-electron chi connectivity index (χ2n) is 9.85. The molecule has 0 saturated carbocycles. The van der Waals surface area contributed by atoms with E-state index in [9.17, 15) is 29.7 Å². The van der Waals surface area contributed by atoms with E-state index >= 15 is 0 Å². The molecule has 3 heterocycles. The maximum atomic E-state index is 12.9. The van der Waals surface area contributed by atoms with Crippen LogP contribution in [0.3, 0.4) is 0 Å². The molecule has 3 amide bonds. The Labute approximate surface area is 241 Å². The van der Waals surface area contributed by atoms with Gasteiger partial charge in [-0.15, -0.1) is 0 Å². The van der Waals surface area contributed by atoms with Gasteiger partial charge >= 0.3 is 0 Å². The maximum Gasteiger partial charge on any atom is 0.290 e. The lowest BCUT2D eigenvalue weighted by Gasteiger charge is -2.35. The fourth-order valence-corrected chi connectivity index (χ4v) is 4.58. The van der Waals surface area contributed by atoms with Gasteiger partial charge in [-0.3, -0.25) is 14.4 Å². The topological polar surface area (TPSA) is 211 Å². The van der Waals surface area contributed by atoms with Gasteiger partial charge in [-0.1, -0.05) is 13.3 Å². The molecule has 3 aliphatic heterocycles. The van der Waals surface area contributed by atoms with Gasteiger partial charge in [0.15, 0.2) is 18.1 Å². The molecule has 7 N–H and O–H groups in total. The summed E-state index contributed by atoms with van der Waals surface area (Å²) in [5, 5.41) is 37.0. The third-order valence-electron chi connectivity index (χ3n) is 6.86. The first-order valence-electron chi connectivity index (χ1n) is 13.4. The smallest absolute Gasteiger partial charge is 0.290 e. The number of nitrogens with one attached hydrogen (secondary N) is 2. The number of amides is 3. The molecule has 0 radical (unpaired) electrons. The summed E-state index contributed by atoms with van der Waals surface area (Å²) in [6.45, 7) is 2.64. The van der Waals surface area contributed by atoms with E-state index in [-0.39, 0.29) is 18.3 Å². The average Bonchev–Trinajstić information content (AvgIpc) is 3.30. The molecule has 0 aromatic heterocycles. The van der Waals surface area contributed by atoms with Crippen LogP contribution in [0.5, 0.6) is 5.75 Å². The molecule has 1 aromatic carbocycles. The zero-order valence-corrected chi connectivity index (χ0v) is 23.1. The molecule has 0 bridgehead atoms. The average molecular weight is 593 g/mol. The van der Waals surface area contributed by atoms with Crippen molar-refractivity contribution in [3.8, 4) is 5.75 Å². The molecule has 1 saturated heterocycles. The Morgan fingerprint density at radius 3 is 2.57 bits per heavy atom. The van der Waals surface area contributed by atoms with Gasteiger partial charge in [0.05, 0.1) is 13.3 Å². The summed E-state index contributed by atoms with van der Waals surface area (Å²) in [7, 11) is 1.28. The van der Waals surface area contributed by atoms with Crippen molar-refractivity contribution in [3.63, 3.8) is 0 Å². The number of hydrogen-bond acceptors (Lipinski definition) is 12. The molecule has 1 aromatic rings. The van der Waals surface area contributed by atoms with Crippen LogP contribution in [0.25, 0.3) is 0 Å². The minimum absolute atomic E-state index is 0.0107. The number of carbonyl (C=O) groups is 3. The lowest BCUT2D eigenvalue weighted by Crippen LogP contribution is -2.53. The molecule has 42 heavy (non-hydrogen) atoms. The van der Waals surface area contributed by atoms with E-state index in [2.05, 4.69) is 17.6 Å². The molecule has 15 heteroatoms. The van der Waals surface area contributed by atoms with Crippen molar-refractivity contribution in [2.45, 2.75) is 68.9 Å². The minimum atomic E-state index is -1.73. The van der Waals surface area contributed by atoms with Crippen LogP contribution in [0.15, 0.2) is 48.4 Å². The van der Waals surface area contributed by atoms with Crippen LogP contribution in [-0.2, 0) is 33.3 Å². The fourth-order valence-electron chi connectivity index (χ4n) is 4.58. The summed E-state index contributed by atoms with van der Waals surface area (Å²) in [4.78, 5) is 38.4. The third-order valence-corrected chi connectivity index (χ3v) is 6.86. The van der Waals surface area contributed by atoms with E-state index in [0.717, 1.165) is 18.9 Å². The predicted octanol–water partition coefficient (Wildman–Crippen LogP) is -1.36. The van der Waals surface area contributed by atoms with E-state index in [1.165, 1.54) is 24.3 Å². The van der Waals surface area contributed by atoms with Crippen LogP contribution in [-0.4, -0.2) is 107 Å². The quantitative estimate of drug-likeness (QED) is 0.155.